The molecule has 1 unspecified atom stereocenters. The van der Waals surface area contributed by atoms with Crippen LogP contribution in [0.5, 0.6) is 0 Å². The highest BCUT2D eigenvalue weighted by molar-refractivity contribution is 5.40. The summed E-state index contributed by atoms with van der Waals surface area (Å²) in [6.07, 6.45) is 18.9. The lowest BCUT2D eigenvalue weighted by Gasteiger charge is -2.42. The van der Waals surface area contributed by atoms with Crippen molar-refractivity contribution in [1.29, 1.82) is 0 Å². The van der Waals surface area contributed by atoms with Crippen LogP contribution in [0.15, 0.2) is 59.3 Å². The van der Waals surface area contributed by atoms with Crippen molar-refractivity contribution in [3.05, 3.63) is 59.3 Å². The van der Waals surface area contributed by atoms with Crippen molar-refractivity contribution in [2.45, 2.75) is 105 Å². The van der Waals surface area contributed by atoms with E-state index in [4.69, 9.17) is 0 Å². The number of rotatable bonds is 7. The van der Waals surface area contributed by atoms with Gasteiger partial charge >= 0.3 is 0 Å². The lowest BCUT2D eigenvalue weighted by Crippen LogP contribution is -2.32. The highest BCUT2D eigenvalue weighted by atomic mass is 19.1. The maximum Gasteiger partial charge on any atom is 0.127 e. The van der Waals surface area contributed by atoms with Crippen molar-refractivity contribution in [3.63, 3.8) is 0 Å². The topological polar surface area (TPSA) is 20.2 Å². The first-order chi connectivity index (χ1) is 15.1. The summed E-state index contributed by atoms with van der Waals surface area (Å²) >= 11 is 0. The fourth-order valence-corrected chi connectivity index (χ4v) is 6.22. The minimum Gasteiger partial charge on any atom is -0.393 e. The van der Waals surface area contributed by atoms with Gasteiger partial charge in [0.25, 0.3) is 0 Å². The molecule has 2 saturated carbocycles. The van der Waals surface area contributed by atoms with Gasteiger partial charge in [0.15, 0.2) is 0 Å². The van der Waals surface area contributed by atoms with E-state index in [0.717, 1.165) is 24.8 Å². The SMILES string of the molecule is C=C1/C(=C\C=C2/CCC[C@]3(C)C([C@@H](C)C/C=C/C(C)(CC)CC)=CCC23)C[C@@H](O)C[C@@H]1F. The Bertz CT molecular complexity index is 809. The molecule has 0 bridgehead atoms. The predicted octanol–water partition coefficient (Wildman–Crippen LogP) is 8.43. The second kappa shape index (κ2) is 10.2. The van der Waals surface area contributed by atoms with Crippen LogP contribution < -0.4 is 0 Å². The van der Waals surface area contributed by atoms with Gasteiger partial charge in [-0.1, -0.05) is 82.7 Å². The highest BCUT2D eigenvalue weighted by Gasteiger charge is 2.45. The molecule has 0 heterocycles. The summed E-state index contributed by atoms with van der Waals surface area (Å²) in [6.45, 7) is 15.7. The first kappa shape index (κ1) is 25.2. The predicted molar refractivity (Wildman–Crippen MR) is 135 cm³/mol. The number of alkyl halides is 1. The molecule has 0 aromatic heterocycles. The molecule has 0 aromatic carbocycles. The average molecular weight is 441 g/mol. The van der Waals surface area contributed by atoms with Gasteiger partial charge < -0.3 is 5.11 Å². The number of allylic oxidation sites excluding steroid dienone is 8. The van der Waals surface area contributed by atoms with E-state index >= 15 is 0 Å². The first-order valence-corrected chi connectivity index (χ1v) is 12.9. The zero-order chi connectivity index (χ0) is 23.5. The maximum absolute atomic E-state index is 14.1. The van der Waals surface area contributed by atoms with Gasteiger partial charge in [-0.05, 0) is 85.2 Å². The van der Waals surface area contributed by atoms with Crippen molar-refractivity contribution in [3.8, 4) is 0 Å². The average Bonchev–Trinajstić information content (AvgIpc) is 3.12. The summed E-state index contributed by atoms with van der Waals surface area (Å²) in [4.78, 5) is 0. The minimum atomic E-state index is -1.11. The second-order valence-electron chi connectivity index (χ2n) is 11.1. The van der Waals surface area contributed by atoms with Crippen LogP contribution in [0.4, 0.5) is 4.39 Å². The van der Waals surface area contributed by atoms with Gasteiger partial charge in [0.1, 0.15) is 6.17 Å². The molecule has 3 rings (SSSR count). The van der Waals surface area contributed by atoms with E-state index in [1.165, 1.54) is 31.3 Å². The Hall–Kier alpha value is -1.41. The molecule has 1 nitrogen and oxygen atoms in total. The number of aliphatic hydroxyl groups excluding tert-OH is 1. The van der Waals surface area contributed by atoms with E-state index < -0.39 is 12.3 Å². The fourth-order valence-electron chi connectivity index (χ4n) is 6.22. The maximum atomic E-state index is 14.1. The van der Waals surface area contributed by atoms with Crippen LogP contribution in [0.2, 0.25) is 0 Å². The summed E-state index contributed by atoms with van der Waals surface area (Å²) in [5, 5.41) is 9.99. The first-order valence-electron chi connectivity index (χ1n) is 12.9. The monoisotopic (exact) mass is 440 g/mol. The molecule has 0 spiro atoms. The lowest BCUT2D eigenvalue weighted by atomic mass is 9.62. The number of fused-ring (bicyclic) bond motifs is 1. The lowest BCUT2D eigenvalue weighted by molar-refractivity contribution is 0.124. The second-order valence-corrected chi connectivity index (χ2v) is 11.1. The zero-order valence-corrected chi connectivity index (χ0v) is 21.1. The molecule has 32 heavy (non-hydrogen) atoms. The van der Waals surface area contributed by atoms with Crippen LogP contribution in [0.3, 0.4) is 0 Å². The molecule has 3 aliphatic rings. The number of hydrogen-bond donors (Lipinski definition) is 1. The van der Waals surface area contributed by atoms with Crippen molar-refractivity contribution in [2.75, 3.05) is 0 Å². The van der Waals surface area contributed by atoms with Crippen molar-refractivity contribution in [2.24, 2.45) is 22.7 Å². The molecule has 2 heteroatoms. The normalized spacial score (nSPS) is 34.9. The van der Waals surface area contributed by atoms with Gasteiger partial charge in [-0.2, -0.15) is 0 Å². The summed E-state index contributed by atoms with van der Waals surface area (Å²) in [7, 11) is 0. The molecule has 0 aromatic rings. The third-order valence-corrected chi connectivity index (χ3v) is 8.99. The summed E-state index contributed by atoms with van der Waals surface area (Å²) in [5.74, 6) is 1.12. The van der Waals surface area contributed by atoms with E-state index in [1.807, 2.05) is 0 Å². The molecule has 0 radical (unpaired) electrons. The summed E-state index contributed by atoms with van der Waals surface area (Å²) in [5.41, 5.74) is 5.13. The molecular weight excluding hydrogens is 395 g/mol. The fraction of sp³-hybridized carbons (Fsp3) is 0.667. The number of halogens is 1. The smallest absolute Gasteiger partial charge is 0.127 e. The number of hydrogen-bond acceptors (Lipinski definition) is 1. The van der Waals surface area contributed by atoms with Crippen molar-refractivity contribution >= 4 is 0 Å². The Morgan fingerprint density at radius 3 is 2.72 bits per heavy atom. The largest absolute Gasteiger partial charge is 0.393 e. The van der Waals surface area contributed by atoms with Crippen LogP contribution in [-0.2, 0) is 0 Å². The van der Waals surface area contributed by atoms with Gasteiger partial charge in [-0.15, -0.1) is 0 Å². The van der Waals surface area contributed by atoms with Gasteiger partial charge in [0.05, 0.1) is 6.10 Å². The third kappa shape index (κ3) is 5.22. The molecule has 2 fully saturated rings. The Labute approximate surface area is 196 Å². The Morgan fingerprint density at radius 2 is 2.03 bits per heavy atom. The van der Waals surface area contributed by atoms with Gasteiger partial charge in [0.2, 0.25) is 0 Å². The molecule has 0 amide bonds. The minimum absolute atomic E-state index is 0.183. The van der Waals surface area contributed by atoms with E-state index in [2.05, 4.69) is 71.6 Å². The molecule has 1 N–H and O–H groups in total. The molecule has 3 aliphatic carbocycles. The van der Waals surface area contributed by atoms with E-state index in [0.29, 0.717) is 29.2 Å². The summed E-state index contributed by atoms with van der Waals surface area (Å²) < 4.78 is 14.1. The van der Waals surface area contributed by atoms with Crippen LogP contribution >= 0.6 is 0 Å². The van der Waals surface area contributed by atoms with Crippen LogP contribution in [0.25, 0.3) is 0 Å². The van der Waals surface area contributed by atoms with Crippen LogP contribution in [0, 0.1) is 22.7 Å². The van der Waals surface area contributed by atoms with Gasteiger partial charge in [-0.3, -0.25) is 0 Å². The Balaban J connectivity index is 1.73. The van der Waals surface area contributed by atoms with E-state index in [-0.39, 0.29) is 11.8 Å². The van der Waals surface area contributed by atoms with E-state index in [9.17, 15) is 9.50 Å². The molecular formula is C30H45FO. The Kier molecular flexibility index (Phi) is 8.07. The molecule has 5 atom stereocenters. The van der Waals surface area contributed by atoms with Crippen LogP contribution in [-0.4, -0.2) is 17.4 Å². The van der Waals surface area contributed by atoms with E-state index in [1.54, 1.807) is 5.57 Å². The van der Waals surface area contributed by atoms with Crippen molar-refractivity contribution < 1.29 is 9.50 Å². The van der Waals surface area contributed by atoms with Gasteiger partial charge in [0, 0.05) is 6.42 Å². The highest BCUT2D eigenvalue weighted by Crippen LogP contribution is 2.57. The Morgan fingerprint density at radius 1 is 1.31 bits per heavy atom. The summed E-state index contributed by atoms with van der Waals surface area (Å²) in [6, 6.07) is 0. The van der Waals surface area contributed by atoms with Crippen molar-refractivity contribution in [1.82, 2.24) is 0 Å². The molecule has 0 aliphatic heterocycles. The third-order valence-electron chi connectivity index (χ3n) is 8.99. The zero-order valence-electron chi connectivity index (χ0n) is 21.1. The quantitative estimate of drug-likeness (QED) is 0.394. The number of aliphatic hydroxyl groups is 1. The van der Waals surface area contributed by atoms with Gasteiger partial charge in [-0.25, -0.2) is 4.39 Å². The standard InChI is InChI=1S/C30H45FO/c1-7-29(5,8-2)17-9-11-21(3)26-15-16-27-23(12-10-18-30(26,27)6)13-14-24-19-25(32)20-28(31)22(24)4/h9,13-15,17,21,25,27-28,32H,4,7-8,10-12,16,18-20H2,1-3,5-6H3/b17-9+,23-13+,24-14-/t21-,25+,27?,28-,30+/m0/s1. The molecule has 0 saturated heterocycles. The van der Waals surface area contributed by atoms with Crippen LogP contribution in [0.1, 0.15) is 92.4 Å². The molecule has 178 valence electrons.